The Balaban J connectivity index is 2.32. The van der Waals surface area contributed by atoms with E-state index in [1.807, 2.05) is 18.4 Å². The molecule has 0 atom stereocenters. The van der Waals surface area contributed by atoms with E-state index in [2.05, 4.69) is 0 Å². The summed E-state index contributed by atoms with van der Waals surface area (Å²) in [7, 11) is 0. The number of hydrogen-bond acceptors (Lipinski definition) is 3. The summed E-state index contributed by atoms with van der Waals surface area (Å²) in [6.45, 7) is 0. The van der Waals surface area contributed by atoms with Crippen molar-refractivity contribution in [3.05, 3.63) is 35.0 Å². The van der Waals surface area contributed by atoms with Crippen LogP contribution < -0.4 is 0 Å². The van der Waals surface area contributed by atoms with Gasteiger partial charge in [-0.1, -0.05) is 23.7 Å². The quantitative estimate of drug-likeness (QED) is 0.772. The van der Waals surface area contributed by atoms with Gasteiger partial charge >= 0.3 is 0 Å². The Kier molecular flexibility index (Phi) is 3.56. The van der Waals surface area contributed by atoms with Gasteiger partial charge in [0.05, 0.1) is 5.02 Å². The number of rotatable bonds is 4. The van der Waals surface area contributed by atoms with Crippen LogP contribution in [0.4, 0.5) is 0 Å². The molecule has 0 bridgehead atoms. The van der Waals surface area contributed by atoms with E-state index in [4.69, 9.17) is 16.0 Å². The van der Waals surface area contributed by atoms with Gasteiger partial charge in [0.2, 0.25) is 0 Å². The zero-order valence-corrected chi connectivity index (χ0v) is 10.4. The molecule has 4 heteroatoms. The normalized spacial score (nSPS) is 10.9. The largest absolute Gasteiger partial charge is 0.451 e. The smallest absolute Gasteiger partial charge is 0.198 e. The standard InChI is InChI=1S/C12H11ClO2S/c1-16-6-5-10(14)11-7-8-3-2-4-9(13)12(8)15-11/h2-4,7H,5-6H2,1H3. The van der Waals surface area contributed by atoms with Gasteiger partial charge in [0.25, 0.3) is 0 Å². The van der Waals surface area contributed by atoms with Crippen molar-refractivity contribution in [1.29, 1.82) is 0 Å². The molecule has 0 amide bonds. The van der Waals surface area contributed by atoms with Gasteiger partial charge in [-0.2, -0.15) is 11.8 Å². The van der Waals surface area contributed by atoms with Gasteiger partial charge in [0.1, 0.15) is 0 Å². The first kappa shape index (κ1) is 11.6. The summed E-state index contributed by atoms with van der Waals surface area (Å²) in [6, 6.07) is 7.24. The minimum Gasteiger partial charge on any atom is -0.451 e. The maximum absolute atomic E-state index is 11.7. The molecule has 0 aliphatic rings. The number of benzene rings is 1. The summed E-state index contributed by atoms with van der Waals surface area (Å²) < 4.78 is 5.47. The molecule has 1 aromatic carbocycles. The van der Waals surface area contributed by atoms with E-state index in [-0.39, 0.29) is 5.78 Å². The van der Waals surface area contributed by atoms with E-state index in [0.29, 0.717) is 22.8 Å². The zero-order chi connectivity index (χ0) is 11.5. The molecule has 0 fully saturated rings. The summed E-state index contributed by atoms with van der Waals surface area (Å²) in [5.41, 5.74) is 0.594. The molecule has 0 aliphatic heterocycles. The van der Waals surface area contributed by atoms with E-state index in [9.17, 15) is 4.79 Å². The number of furan rings is 1. The van der Waals surface area contributed by atoms with Gasteiger partial charge < -0.3 is 4.42 Å². The van der Waals surface area contributed by atoms with Crippen molar-refractivity contribution in [2.24, 2.45) is 0 Å². The molecule has 0 aliphatic carbocycles. The van der Waals surface area contributed by atoms with E-state index in [1.165, 1.54) is 0 Å². The van der Waals surface area contributed by atoms with Crippen LogP contribution in [-0.4, -0.2) is 17.8 Å². The van der Waals surface area contributed by atoms with Crippen molar-refractivity contribution in [2.45, 2.75) is 6.42 Å². The Labute approximate surface area is 103 Å². The summed E-state index contributed by atoms with van der Waals surface area (Å²) in [5.74, 6) is 1.24. The zero-order valence-electron chi connectivity index (χ0n) is 8.83. The Morgan fingerprint density at radius 2 is 2.31 bits per heavy atom. The molecule has 1 aromatic heterocycles. The van der Waals surface area contributed by atoms with Crippen LogP contribution >= 0.6 is 23.4 Å². The second kappa shape index (κ2) is 4.93. The maximum Gasteiger partial charge on any atom is 0.198 e. The molecule has 0 spiro atoms. The summed E-state index contributed by atoms with van der Waals surface area (Å²) in [5, 5.41) is 1.42. The third kappa shape index (κ3) is 2.25. The first-order chi connectivity index (χ1) is 7.72. The lowest BCUT2D eigenvalue weighted by molar-refractivity contribution is 0.0965. The summed E-state index contributed by atoms with van der Waals surface area (Å²) >= 11 is 7.62. The number of hydrogen-bond donors (Lipinski definition) is 0. The van der Waals surface area contributed by atoms with Gasteiger partial charge in [0.15, 0.2) is 17.1 Å². The van der Waals surface area contributed by atoms with Gasteiger partial charge in [0, 0.05) is 17.6 Å². The minimum absolute atomic E-state index is 0.0293. The van der Waals surface area contributed by atoms with E-state index < -0.39 is 0 Å². The van der Waals surface area contributed by atoms with Crippen LogP contribution in [0.2, 0.25) is 5.02 Å². The second-order valence-electron chi connectivity index (χ2n) is 3.43. The Morgan fingerprint density at radius 3 is 3.00 bits per heavy atom. The van der Waals surface area contributed by atoms with Crippen LogP contribution in [0.3, 0.4) is 0 Å². The monoisotopic (exact) mass is 254 g/mol. The lowest BCUT2D eigenvalue weighted by atomic mass is 10.2. The highest BCUT2D eigenvalue weighted by Gasteiger charge is 2.13. The predicted octanol–water partition coefficient (Wildman–Crippen LogP) is 4.02. The fraction of sp³-hybridized carbons (Fsp3) is 0.250. The van der Waals surface area contributed by atoms with E-state index in [0.717, 1.165) is 11.1 Å². The van der Waals surface area contributed by atoms with Crippen LogP contribution in [0.5, 0.6) is 0 Å². The van der Waals surface area contributed by atoms with Crippen LogP contribution in [0, 0.1) is 0 Å². The van der Waals surface area contributed by atoms with Gasteiger partial charge in [-0.25, -0.2) is 0 Å². The highest BCUT2D eigenvalue weighted by atomic mass is 35.5. The molecule has 2 aromatic rings. The highest BCUT2D eigenvalue weighted by molar-refractivity contribution is 7.98. The SMILES string of the molecule is CSCCC(=O)c1cc2cccc(Cl)c2o1. The molecule has 0 saturated carbocycles. The molecule has 2 nitrogen and oxygen atoms in total. The average molecular weight is 255 g/mol. The predicted molar refractivity (Wildman–Crippen MR) is 68.6 cm³/mol. The van der Waals surface area contributed by atoms with Crippen molar-refractivity contribution in [3.63, 3.8) is 0 Å². The highest BCUT2D eigenvalue weighted by Crippen LogP contribution is 2.27. The van der Waals surface area contributed by atoms with Gasteiger partial charge in [-0.3, -0.25) is 4.79 Å². The number of halogens is 1. The number of fused-ring (bicyclic) bond motifs is 1. The minimum atomic E-state index is 0.0293. The third-order valence-electron chi connectivity index (χ3n) is 2.30. The van der Waals surface area contributed by atoms with Crippen LogP contribution in [-0.2, 0) is 0 Å². The van der Waals surface area contributed by atoms with Crippen molar-refractivity contribution < 1.29 is 9.21 Å². The van der Waals surface area contributed by atoms with Gasteiger partial charge in [-0.05, 0) is 18.4 Å². The fourth-order valence-corrected chi connectivity index (χ4v) is 2.09. The lowest BCUT2D eigenvalue weighted by Gasteiger charge is -1.94. The lowest BCUT2D eigenvalue weighted by Crippen LogP contribution is -1.97. The summed E-state index contributed by atoms with van der Waals surface area (Å²) in [6.07, 6.45) is 2.47. The Morgan fingerprint density at radius 1 is 1.50 bits per heavy atom. The molecule has 2 rings (SSSR count). The molecule has 0 N–H and O–H groups in total. The molecule has 1 heterocycles. The Hall–Kier alpha value is -0.930. The third-order valence-corrected chi connectivity index (χ3v) is 3.21. The molecular formula is C12H11ClO2S. The first-order valence-electron chi connectivity index (χ1n) is 4.92. The molecule has 0 radical (unpaired) electrons. The second-order valence-corrected chi connectivity index (χ2v) is 4.83. The molecule has 0 saturated heterocycles. The fourth-order valence-electron chi connectivity index (χ4n) is 1.48. The van der Waals surface area contributed by atoms with Crippen molar-refractivity contribution >= 4 is 40.1 Å². The number of carbonyl (C=O) groups is 1. The van der Waals surface area contributed by atoms with Crippen molar-refractivity contribution in [2.75, 3.05) is 12.0 Å². The topological polar surface area (TPSA) is 30.2 Å². The van der Waals surface area contributed by atoms with Crippen molar-refractivity contribution in [3.8, 4) is 0 Å². The van der Waals surface area contributed by atoms with E-state index in [1.54, 1.807) is 23.9 Å². The number of Topliss-reactive ketones (excluding diaryl/α,β-unsaturated/α-hetero) is 1. The summed E-state index contributed by atoms with van der Waals surface area (Å²) in [4.78, 5) is 11.7. The number of thioether (sulfide) groups is 1. The molecule has 16 heavy (non-hydrogen) atoms. The number of para-hydroxylation sites is 1. The number of carbonyl (C=O) groups excluding carboxylic acids is 1. The number of ketones is 1. The van der Waals surface area contributed by atoms with Crippen LogP contribution in [0.25, 0.3) is 11.0 Å². The molecular weight excluding hydrogens is 244 g/mol. The van der Waals surface area contributed by atoms with Gasteiger partial charge in [-0.15, -0.1) is 0 Å². The average Bonchev–Trinajstić information content (AvgIpc) is 2.71. The van der Waals surface area contributed by atoms with Crippen LogP contribution in [0.15, 0.2) is 28.7 Å². The van der Waals surface area contributed by atoms with Crippen molar-refractivity contribution in [1.82, 2.24) is 0 Å². The maximum atomic E-state index is 11.7. The molecule has 0 unspecified atom stereocenters. The van der Waals surface area contributed by atoms with E-state index >= 15 is 0 Å². The van der Waals surface area contributed by atoms with Crippen LogP contribution in [0.1, 0.15) is 17.0 Å². The Bertz CT molecular complexity index is 519. The molecule has 84 valence electrons. The first-order valence-corrected chi connectivity index (χ1v) is 6.70.